The highest BCUT2D eigenvalue weighted by Crippen LogP contribution is 2.17. The highest BCUT2D eigenvalue weighted by atomic mass is 14.9. The van der Waals surface area contributed by atoms with Crippen LogP contribution in [0.4, 0.5) is 0 Å². The van der Waals surface area contributed by atoms with Crippen molar-refractivity contribution in [2.24, 2.45) is 5.92 Å². The van der Waals surface area contributed by atoms with Crippen LogP contribution in [0.15, 0.2) is 18.3 Å². The van der Waals surface area contributed by atoms with E-state index >= 15 is 0 Å². The molecule has 0 atom stereocenters. The van der Waals surface area contributed by atoms with Crippen molar-refractivity contribution >= 4 is 0 Å². The van der Waals surface area contributed by atoms with Crippen LogP contribution in [0.3, 0.4) is 0 Å². The van der Waals surface area contributed by atoms with Crippen molar-refractivity contribution in [1.82, 2.24) is 10.3 Å². The van der Waals surface area contributed by atoms with Crippen molar-refractivity contribution in [3.05, 3.63) is 29.6 Å². The minimum absolute atomic E-state index is 0.839. The lowest BCUT2D eigenvalue weighted by Gasteiger charge is -2.22. The molecule has 1 aromatic rings. The van der Waals surface area contributed by atoms with Crippen molar-refractivity contribution in [2.75, 3.05) is 13.1 Å². The van der Waals surface area contributed by atoms with Gasteiger partial charge in [-0.25, -0.2) is 0 Å². The molecule has 0 bridgehead atoms. The number of aromatic nitrogens is 1. The average molecular weight is 204 g/mol. The molecule has 2 rings (SSSR count). The number of hydrogen-bond acceptors (Lipinski definition) is 2. The molecule has 82 valence electrons. The van der Waals surface area contributed by atoms with Gasteiger partial charge in [-0.2, -0.15) is 0 Å². The number of piperidine rings is 1. The van der Waals surface area contributed by atoms with Crippen LogP contribution in [0.2, 0.25) is 0 Å². The molecule has 2 nitrogen and oxygen atoms in total. The number of rotatable bonds is 3. The second kappa shape index (κ2) is 5.26. The fraction of sp³-hybridized carbons (Fsp3) is 0.615. The molecular formula is C13H20N2. The average Bonchev–Trinajstić information content (AvgIpc) is 2.31. The van der Waals surface area contributed by atoms with Crippen molar-refractivity contribution in [1.29, 1.82) is 0 Å². The number of nitrogens with zero attached hydrogens (tertiary/aromatic N) is 1. The summed E-state index contributed by atoms with van der Waals surface area (Å²) >= 11 is 0. The summed E-state index contributed by atoms with van der Waals surface area (Å²) in [7, 11) is 0. The first kappa shape index (κ1) is 10.6. The zero-order valence-electron chi connectivity index (χ0n) is 9.50. The van der Waals surface area contributed by atoms with E-state index in [1.54, 1.807) is 0 Å². The SMILES string of the molecule is CCc1ccnc(CC2CCNCC2)c1. The van der Waals surface area contributed by atoms with Crippen LogP contribution in [-0.2, 0) is 12.8 Å². The van der Waals surface area contributed by atoms with Crippen LogP contribution in [0.5, 0.6) is 0 Å². The monoisotopic (exact) mass is 204 g/mol. The van der Waals surface area contributed by atoms with Gasteiger partial charge in [0, 0.05) is 11.9 Å². The molecule has 2 heteroatoms. The van der Waals surface area contributed by atoms with Crippen LogP contribution in [0.1, 0.15) is 31.0 Å². The summed E-state index contributed by atoms with van der Waals surface area (Å²) in [6, 6.07) is 4.38. The van der Waals surface area contributed by atoms with Gasteiger partial charge in [-0.3, -0.25) is 4.98 Å². The van der Waals surface area contributed by atoms with Crippen LogP contribution < -0.4 is 5.32 Å². The maximum Gasteiger partial charge on any atom is 0.0409 e. The Morgan fingerprint density at radius 1 is 1.40 bits per heavy atom. The number of aryl methyl sites for hydroxylation is 1. The molecule has 0 spiro atoms. The largest absolute Gasteiger partial charge is 0.317 e. The summed E-state index contributed by atoms with van der Waals surface area (Å²) in [5, 5.41) is 3.40. The van der Waals surface area contributed by atoms with E-state index < -0.39 is 0 Å². The van der Waals surface area contributed by atoms with Crippen LogP contribution in [0.25, 0.3) is 0 Å². The van der Waals surface area contributed by atoms with E-state index in [4.69, 9.17) is 0 Å². The van der Waals surface area contributed by atoms with Gasteiger partial charge in [0.15, 0.2) is 0 Å². The molecule has 0 amide bonds. The maximum atomic E-state index is 4.46. The first-order valence-corrected chi connectivity index (χ1v) is 6.03. The van der Waals surface area contributed by atoms with Crippen molar-refractivity contribution in [2.45, 2.75) is 32.6 Å². The van der Waals surface area contributed by atoms with E-state index in [0.29, 0.717) is 0 Å². The second-order valence-electron chi connectivity index (χ2n) is 4.41. The van der Waals surface area contributed by atoms with Crippen LogP contribution in [0, 0.1) is 5.92 Å². The smallest absolute Gasteiger partial charge is 0.0409 e. The van der Waals surface area contributed by atoms with Crippen LogP contribution >= 0.6 is 0 Å². The summed E-state index contributed by atoms with van der Waals surface area (Å²) in [5.41, 5.74) is 2.69. The normalized spacial score (nSPS) is 17.9. The molecule has 1 aliphatic heterocycles. The summed E-state index contributed by atoms with van der Waals surface area (Å²) in [4.78, 5) is 4.46. The number of pyridine rings is 1. The van der Waals surface area contributed by atoms with Gasteiger partial charge in [0.2, 0.25) is 0 Å². The predicted molar refractivity (Wildman–Crippen MR) is 62.9 cm³/mol. The molecule has 1 aromatic heterocycles. The Kier molecular flexibility index (Phi) is 3.73. The van der Waals surface area contributed by atoms with Gasteiger partial charge < -0.3 is 5.32 Å². The zero-order valence-corrected chi connectivity index (χ0v) is 9.50. The van der Waals surface area contributed by atoms with E-state index in [1.165, 1.54) is 37.2 Å². The Bertz CT molecular complexity index is 303. The minimum atomic E-state index is 0.839. The lowest BCUT2D eigenvalue weighted by molar-refractivity contribution is 0.370. The summed E-state index contributed by atoms with van der Waals surface area (Å²) in [5.74, 6) is 0.839. The minimum Gasteiger partial charge on any atom is -0.317 e. The van der Waals surface area contributed by atoms with Crippen molar-refractivity contribution < 1.29 is 0 Å². The van der Waals surface area contributed by atoms with Gasteiger partial charge in [-0.1, -0.05) is 6.92 Å². The van der Waals surface area contributed by atoms with E-state index in [9.17, 15) is 0 Å². The quantitative estimate of drug-likeness (QED) is 0.816. The lowest BCUT2D eigenvalue weighted by Crippen LogP contribution is -2.28. The standard InChI is InChI=1S/C13H20N2/c1-2-11-5-8-15-13(9-11)10-12-3-6-14-7-4-12/h5,8-9,12,14H,2-4,6-7,10H2,1H3. The summed E-state index contributed by atoms with van der Waals surface area (Å²) in [6.45, 7) is 4.56. The summed E-state index contributed by atoms with van der Waals surface area (Å²) in [6.07, 6.45) is 6.84. The third kappa shape index (κ3) is 3.03. The number of nitrogens with one attached hydrogen (secondary N) is 1. The Balaban J connectivity index is 1.96. The molecule has 0 aliphatic carbocycles. The lowest BCUT2D eigenvalue weighted by atomic mass is 9.92. The fourth-order valence-electron chi connectivity index (χ4n) is 2.24. The maximum absolute atomic E-state index is 4.46. The van der Waals surface area contributed by atoms with Crippen molar-refractivity contribution in [3.63, 3.8) is 0 Å². The predicted octanol–water partition coefficient (Wildman–Crippen LogP) is 2.19. The molecule has 15 heavy (non-hydrogen) atoms. The number of hydrogen-bond donors (Lipinski definition) is 1. The highest BCUT2D eigenvalue weighted by molar-refractivity contribution is 5.16. The van der Waals surface area contributed by atoms with Gasteiger partial charge >= 0.3 is 0 Å². The van der Waals surface area contributed by atoms with E-state index in [0.717, 1.165) is 18.8 Å². The summed E-state index contributed by atoms with van der Waals surface area (Å²) < 4.78 is 0. The van der Waals surface area contributed by atoms with Crippen molar-refractivity contribution in [3.8, 4) is 0 Å². The zero-order chi connectivity index (χ0) is 10.5. The Morgan fingerprint density at radius 2 is 2.20 bits per heavy atom. The third-order valence-electron chi connectivity index (χ3n) is 3.25. The van der Waals surface area contributed by atoms with Gasteiger partial charge in [-0.05, 0) is 62.4 Å². The molecule has 1 saturated heterocycles. The van der Waals surface area contributed by atoms with Gasteiger partial charge in [0.25, 0.3) is 0 Å². The van der Waals surface area contributed by atoms with Gasteiger partial charge in [0.1, 0.15) is 0 Å². The molecule has 0 aromatic carbocycles. The van der Waals surface area contributed by atoms with Gasteiger partial charge in [0.05, 0.1) is 0 Å². The Labute approximate surface area is 92.1 Å². The third-order valence-corrected chi connectivity index (χ3v) is 3.25. The molecule has 1 aliphatic rings. The Morgan fingerprint density at radius 3 is 2.93 bits per heavy atom. The molecular weight excluding hydrogens is 184 g/mol. The van der Waals surface area contributed by atoms with E-state index in [1.807, 2.05) is 6.20 Å². The van der Waals surface area contributed by atoms with Gasteiger partial charge in [-0.15, -0.1) is 0 Å². The highest BCUT2D eigenvalue weighted by Gasteiger charge is 2.13. The fourth-order valence-corrected chi connectivity index (χ4v) is 2.24. The van der Waals surface area contributed by atoms with E-state index in [2.05, 4.69) is 29.4 Å². The first-order valence-electron chi connectivity index (χ1n) is 6.03. The van der Waals surface area contributed by atoms with E-state index in [-0.39, 0.29) is 0 Å². The first-order chi connectivity index (χ1) is 7.38. The van der Waals surface area contributed by atoms with Crippen LogP contribution in [-0.4, -0.2) is 18.1 Å². The molecule has 0 unspecified atom stereocenters. The Hall–Kier alpha value is -0.890. The molecule has 0 radical (unpaired) electrons. The molecule has 2 heterocycles. The second-order valence-corrected chi connectivity index (χ2v) is 4.41. The molecule has 1 fully saturated rings. The topological polar surface area (TPSA) is 24.9 Å². The molecule has 1 N–H and O–H groups in total. The molecule has 0 saturated carbocycles.